The number of rotatable bonds is 5. The van der Waals surface area contributed by atoms with Crippen molar-refractivity contribution in [2.24, 2.45) is 0 Å². The minimum absolute atomic E-state index is 0.114. The van der Waals surface area contributed by atoms with Gasteiger partial charge >= 0.3 is 5.97 Å². The molecule has 4 rings (SSSR count). The van der Waals surface area contributed by atoms with Gasteiger partial charge in [0.15, 0.2) is 5.65 Å². The van der Waals surface area contributed by atoms with Gasteiger partial charge in [0, 0.05) is 29.7 Å². The number of anilines is 1. The minimum atomic E-state index is -0.490. The number of hydrogen-bond donors (Lipinski definition) is 0. The number of hydrogen-bond acceptors (Lipinski definition) is 5. The summed E-state index contributed by atoms with van der Waals surface area (Å²) in [5.41, 5.74) is 4.11. The Bertz CT molecular complexity index is 1320. The Hall–Kier alpha value is -4.00. The van der Waals surface area contributed by atoms with Gasteiger partial charge in [0.1, 0.15) is 5.75 Å². The number of aryl methyl sites for hydroxylation is 2. The number of carbonyl (C=O) groups is 2. The van der Waals surface area contributed by atoms with Crippen molar-refractivity contribution in [2.75, 3.05) is 11.9 Å². The molecule has 0 fully saturated rings. The van der Waals surface area contributed by atoms with Gasteiger partial charge in [0.25, 0.3) is 5.91 Å². The molecule has 4 aromatic rings. The van der Waals surface area contributed by atoms with Gasteiger partial charge in [-0.2, -0.15) is 5.10 Å². The Balaban J connectivity index is 1.49. The highest BCUT2D eigenvalue weighted by Gasteiger charge is 2.18. The Kier molecular flexibility index (Phi) is 5.96. The van der Waals surface area contributed by atoms with Crippen molar-refractivity contribution in [1.82, 2.24) is 14.8 Å². The van der Waals surface area contributed by atoms with E-state index in [2.05, 4.69) is 10.1 Å². The van der Waals surface area contributed by atoms with E-state index in [9.17, 15) is 9.59 Å². The van der Waals surface area contributed by atoms with E-state index in [0.29, 0.717) is 28.3 Å². The monoisotopic (exact) mass is 442 g/mol. The Morgan fingerprint density at radius 1 is 1.00 bits per heavy atom. The Morgan fingerprint density at radius 3 is 2.30 bits per heavy atom. The first-order valence-electron chi connectivity index (χ1n) is 10.8. The van der Waals surface area contributed by atoms with Crippen LogP contribution in [0, 0.1) is 13.8 Å². The fourth-order valence-corrected chi connectivity index (χ4v) is 3.56. The first-order chi connectivity index (χ1) is 15.7. The van der Waals surface area contributed by atoms with Crippen molar-refractivity contribution >= 4 is 28.6 Å². The van der Waals surface area contributed by atoms with Gasteiger partial charge < -0.3 is 9.64 Å². The van der Waals surface area contributed by atoms with Crippen molar-refractivity contribution in [3.63, 3.8) is 0 Å². The molecule has 0 aliphatic rings. The van der Waals surface area contributed by atoms with Crippen molar-refractivity contribution in [3.8, 4) is 5.75 Å². The van der Waals surface area contributed by atoms with Crippen molar-refractivity contribution in [1.29, 1.82) is 0 Å². The maximum absolute atomic E-state index is 12.8. The van der Waals surface area contributed by atoms with Crippen LogP contribution in [-0.4, -0.2) is 33.7 Å². The molecule has 0 atom stereocenters. The smallest absolute Gasteiger partial charge is 0.345 e. The van der Waals surface area contributed by atoms with E-state index in [4.69, 9.17) is 4.74 Å². The van der Waals surface area contributed by atoms with E-state index in [1.165, 1.54) is 0 Å². The molecule has 0 saturated carbocycles. The van der Waals surface area contributed by atoms with Crippen LogP contribution in [0.2, 0.25) is 0 Å². The third-order valence-corrected chi connectivity index (χ3v) is 5.51. The van der Waals surface area contributed by atoms with E-state index in [1.54, 1.807) is 55.4 Å². The van der Waals surface area contributed by atoms with Crippen LogP contribution in [-0.2, 0) is 0 Å². The zero-order valence-corrected chi connectivity index (χ0v) is 19.4. The number of aromatic nitrogens is 3. The fourth-order valence-electron chi connectivity index (χ4n) is 3.56. The van der Waals surface area contributed by atoms with Crippen LogP contribution in [0.4, 0.5) is 5.69 Å². The average Bonchev–Trinajstić information content (AvgIpc) is 3.21. The highest BCUT2D eigenvalue weighted by molar-refractivity contribution is 6.05. The van der Waals surface area contributed by atoms with Crippen LogP contribution in [0.25, 0.3) is 11.0 Å². The molecule has 0 spiro atoms. The van der Waals surface area contributed by atoms with Crippen LogP contribution >= 0.6 is 0 Å². The molecule has 0 aliphatic heterocycles. The summed E-state index contributed by atoms with van der Waals surface area (Å²) in [5, 5.41) is 5.14. The zero-order chi connectivity index (χ0) is 23.7. The van der Waals surface area contributed by atoms with Crippen LogP contribution < -0.4 is 9.64 Å². The quantitative estimate of drug-likeness (QED) is 0.316. The highest BCUT2D eigenvalue weighted by Crippen LogP contribution is 2.23. The van der Waals surface area contributed by atoms with Gasteiger partial charge in [-0.1, -0.05) is 17.7 Å². The molecule has 2 aromatic carbocycles. The van der Waals surface area contributed by atoms with Gasteiger partial charge in [0.05, 0.1) is 17.5 Å². The summed E-state index contributed by atoms with van der Waals surface area (Å²) in [6.07, 6.45) is 1.70. The Labute approximate surface area is 192 Å². The molecule has 0 saturated heterocycles. The molecule has 0 unspecified atom stereocenters. The molecule has 1 amide bonds. The lowest BCUT2D eigenvalue weighted by Crippen LogP contribution is -2.26. The molecular formula is C26H26N4O3. The second kappa shape index (κ2) is 8.86. The molecular weight excluding hydrogens is 416 g/mol. The second-order valence-electron chi connectivity index (χ2n) is 8.33. The van der Waals surface area contributed by atoms with Crippen LogP contribution in [0.15, 0.2) is 60.8 Å². The summed E-state index contributed by atoms with van der Waals surface area (Å²) in [6, 6.07) is 16.2. The Morgan fingerprint density at radius 2 is 1.67 bits per heavy atom. The number of fused-ring (bicyclic) bond motifs is 1. The summed E-state index contributed by atoms with van der Waals surface area (Å²) in [6.45, 7) is 7.82. The van der Waals surface area contributed by atoms with Gasteiger partial charge in [-0.3, -0.25) is 4.79 Å². The predicted octanol–water partition coefficient (Wildman–Crippen LogP) is 5.12. The summed E-state index contributed by atoms with van der Waals surface area (Å²) in [5.74, 6) is -0.218. The lowest BCUT2D eigenvalue weighted by Gasteiger charge is -2.18. The van der Waals surface area contributed by atoms with E-state index in [-0.39, 0.29) is 11.9 Å². The first kappa shape index (κ1) is 22.2. The van der Waals surface area contributed by atoms with Gasteiger partial charge in [-0.15, -0.1) is 0 Å². The fraction of sp³-hybridized carbons (Fsp3) is 0.231. The molecule has 7 heteroatoms. The molecule has 7 nitrogen and oxygen atoms in total. The first-order valence-corrected chi connectivity index (χ1v) is 10.8. The van der Waals surface area contributed by atoms with Crippen molar-refractivity contribution in [3.05, 3.63) is 83.2 Å². The van der Waals surface area contributed by atoms with E-state index >= 15 is 0 Å². The maximum Gasteiger partial charge on any atom is 0.345 e. The standard InChI is InChI=1S/C26H26N4O3/c1-16(2)30-24-20(15-27-30)14-23(18(4)28-24)26(32)33-22-12-10-21(11-13-22)29(5)25(31)19-8-6-17(3)7-9-19/h6-16H,1-5H3. The van der Waals surface area contributed by atoms with Gasteiger partial charge in [-0.25, -0.2) is 14.5 Å². The SMILES string of the molecule is Cc1ccc(C(=O)N(C)c2ccc(OC(=O)c3cc4cnn(C(C)C)c4nc3C)cc2)cc1. The molecule has 2 heterocycles. The summed E-state index contributed by atoms with van der Waals surface area (Å²) in [4.78, 5) is 31.7. The average molecular weight is 443 g/mol. The summed E-state index contributed by atoms with van der Waals surface area (Å²) < 4.78 is 7.39. The van der Waals surface area contributed by atoms with E-state index < -0.39 is 5.97 Å². The van der Waals surface area contributed by atoms with Crippen LogP contribution in [0.3, 0.4) is 0 Å². The largest absolute Gasteiger partial charge is 0.423 e. The van der Waals surface area contributed by atoms with Gasteiger partial charge in [-0.05, 0) is 70.2 Å². The molecule has 33 heavy (non-hydrogen) atoms. The molecule has 2 aromatic heterocycles. The number of carbonyl (C=O) groups excluding carboxylic acids is 2. The van der Waals surface area contributed by atoms with Crippen LogP contribution in [0.5, 0.6) is 5.75 Å². The lowest BCUT2D eigenvalue weighted by molar-refractivity contribution is 0.0733. The van der Waals surface area contributed by atoms with E-state index in [1.807, 2.05) is 49.7 Å². The molecule has 0 radical (unpaired) electrons. The van der Waals surface area contributed by atoms with E-state index in [0.717, 1.165) is 16.6 Å². The molecule has 0 N–H and O–H groups in total. The predicted molar refractivity (Wildman–Crippen MR) is 128 cm³/mol. The van der Waals surface area contributed by atoms with Crippen molar-refractivity contribution in [2.45, 2.75) is 33.7 Å². The topological polar surface area (TPSA) is 77.3 Å². The maximum atomic E-state index is 12.8. The lowest BCUT2D eigenvalue weighted by atomic mass is 10.1. The number of nitrogens with zero attached hydrogens (tertiary/aromatic N) is 4. The third kappa shape index (κ3) is 4.48. The molecule has 168 valence electrons. The number of pyridine rings is 1. The zero-order valence-electron chi connectivity index (χ0n) is 19.4. The minimum Gasteiger partial charge on any atom is -0.423 e. The second-order valence-corrected chi connectivity index (χ2v) is 8.33. The summed E-state index contributed by atoms with van der Waals surface area (Å²) >= 11 is 0. The summed E-state index contributed by atoms with van der Waals surface area (Å²) in [7, 11) is 1.71. The van der Waals surface area contributed by atoms with Gasteiger partial charge in [0.2, 0.25) is 0 Å². The normalized spacial score (nSPS) is 11.1. The number of ether oxygens (including phenoxy) is 1. The van der Waals surface area contributed by atoms with Crippen LogP contribution in [0.1, 0.15) is 51.9 Å². The molecule has 0 aliphatic carbocycles. The molecule has 0 bridgehead atoms. The van der Waals surface area contributed by atoms with Crippen molar-refractivity contribution < 1.29 is 14.3 Å². The number of benzene rings is 2. The third-order valence-electron chi connectivity index (χ3n) is 5.51. The highest BCUT2D eigenvalue weighted by atomic mass is 16.5. The number of esters is 1. The number of amides is 1.